The number of ether oxygens (including phenoxy) is 1. The molecule has 2 heterocycles. The number of carbonyl (C=O) groups excluding carboxylic acids is 1. The minimum atomic E-state index is -0.950. The molecule has 0 bridgehead atoms. The van der Waals surface area contributed by atoms with Crippen molar-refractivity contribution in [3.8, 4) is 5.75 Å². The van der Waals surface area contributed by atoms with E-state index in [9.17, 15) is 14.7 Å². The molecule has 8 nitrogen and oxygen atoms in total. The van der Waals surface area contributed by atoms with Crippen LogP contribution in [0.25, 0.3) is 0 Å². The number of benzene rings is 1. The first kappa shape index (κ1) is 20.7. The van der Waals surface area contributed by atoms with Gasteiger partial charge in [-0.15, -0.1) is 0 Å². The van der Waals surface area contributed by atoms with Crippen molar-refractivity contribution in [1.82, 2.24) is 19.7 Å². The van der Waals surface area contributed by atoms with Crippen LogP contribution < -0.4 is 15.7 Å². The molecule has 0 spiro atoms. The van der Waals surface area contributed by atoms with E-state index >= 15 is 0 Å². The number of halogens is 2. The number of nitrogens with zero attached hydrogens (tertiary/aromatic N) is 3. The summed E-state index contributed by atoms with van der Waals surface area (Å²) in [6.45, 7) is 0.350. The van der Waals surface area contributed by atoms with E-state index < -0.39 is 12.0 Å². The molecule has 0 radical (unpaired) electrons. The molecule has 28 heavy (non-hydrogen) atoms. The second kappa shape index (κ2) is 9.45. The summed E-state index contributed by atoms with van der Waals surface area (Å²) in [5.74, 6) is 0.669. The fourth-order valence-electron chi connectivity index (χ4n) is 2.99. The molecular weight excluding hydrogens is 407 g/mol. The second-order valence-electron chi connectivity index (χ2n) is 6.64. The molecule has 3 rings (SSSR count). The number of aryl methyl sites for hydroxylation is 1. The van der Waals surface area contributed by atoms with Crippen molar-refractivity contribution in [1.29, 1.82) is 0 Å². The van der Waals surface area contributed by atoms with Crippen LogP contribution in [0, 0.1) is 0 Å². The van der Waals surface area contributed by atoms with E-state index in [0.29, 0.717) is 17.3 Å². The first-order valence-corrected chi connectivity index (χ1v) is 9.89. The molecule has 1 aromatic heterocycles. The van der Waals surface area contributed by atoms with Crippen LogP contribution in [-0.4, -0.2) is 44.6 Å². The number of rotatable bonds is 7. The highest BCUT2D eigenvalue weighted by Crippen LogP contribution is 2.31. The van der Waals surface area contributed by atoms with Crippen LogP contribution in [0.2, 0.25) is 10.0 Å². The largest absolute Gasteiger partial charge is 0.489 e. The van der Waals surface area contributed by atoms with Gasteiger partial charge in [0.05, 0.1) is 5.02 Å². The maximum Gasteiger partial charge on any atom is 0.346 e. The Morgan fingerprint density at radius 2 is 2.14 bits per heavy atom. The highest BCUT2D eigenvalue weighted by atomic mass is 35.5. The number of fused-ring (bicyclic) bond motifs is 1. The third-order valence-corrected chi connectivity index (χ3v) is 5.26. The standard InChI is InChI=1S/C18H22Cl2N4O4/c19-13-5-4-6-14(17(13)20)28-11-12(25)9-21-16(26)10-24-18(27)23-8-3-1-2-7-15(23)22-24/h4-6,12,25H,1-3,7-11H2,(H,21,26). The molecule has 1 aromatic carbocycles. The molecule has 0 saturated carbocycles. The van der Waals surface area contributed by atoms with Gasteiger partial charge in [0.2, 0.25) is 5.91 Å². The van der Waals surface area contributed by atoms with Gasteiger partial charge in [0.15, 0.2) is 0 Å². The smallest absolute Gasteiger partial charge is 0.346 e. The number of nitrogens with one attached hydrogen (secondary N) is 1. The Kier molecular flexibility index (Phi) is 6.98. The SMILES string of the molecule is O=C(Cn1nc2n(c1=O)CCCCC2)NCC(O)COc1cccc(Cl)c1Cl. The Bertz CT molecular complexity index is 896. The summed E-state index contributed by atoms with van der Waals surface area (Å²) in [7, 11) is 0. The molecule has 1 aliphatic rings. The summed E-state index contributed by atoms with van der Waals surface area (Å²) in [6.07, 6.45) is 2.80. The van der Waals surface area contributed by atoms with Gasteiger partial charge in [0, 0.05) is 19.5 Å². The van der Waals surface area contributed by atoms with Gasteiger partial charge in [-0.2, -0.15) is 5.10 Å². The van der Waals surface area contributed by atoms with Crippen molar-refractivity contribution in [2.24, 2.45) is 0 Å². The van der Waals surface area contributed by atoms with Crippen LogP contribution >= 0.6 is 23.2 Å². The minimum Gasteiger partial charge on any atom is -0.489 e. The quantitative estimate of drug-likeness (QED) is 0.698. The zero-order valence-corrected chi connectivity index (χ0v) is 16.7. The third kappa shape index (κ3) is 5.06. The lowest BCUT2D eigenvalue weighted by molar-refractivity contribution is -0.122. The van der Waals surface area contributed by atoms with Crippen molar-refractivity contribution >= 4 is 29.1 Å². The van der Waals surface area contributed by atoms with Crippen LogP contribution in [0.15, 0.2) is 23.0 Å². The molecule has 152 valence electrons. The van der Waals surface area contributed by atoms with Gasteiger partial charge in [0.1, 0.15) is 35.9 Å². The van der Waals surface area contributed by atoms with Gasteiger partial charge in [0.25, 0.3) is 0 Å². The number of carbonyl (C=O) groups is 1. The Balaban J connectivity index is 1.48. The van der Waals surface area contributed by atoms with Crippen LogP contribution in [0.3, 0.4) is 0 Å². The first-order chi connectivity index (χ1) is 13.5. The van der Waals surface area contributed by atoms with Crippen molar-refractivity contribution in [2.45, 2.75) is 44.9 Å². The summed E-state index contributed by atoms with van der Waals surface area (Å²) in [5, 5.41) is 17.5. The highest BCUT2D eigenvalue weighted by molar-refractivity contribution is 6.42. The topological polar surface area (TPSA) is 98.4 Å². The molecule has 0 saturated heterocycles. The lowest BCUT2D eigenvalue weighted by atomic mass is 10.2. The number of aromatic nitrogens is 3. The Hall–Kier alpha value is -2.03. The summed E-state index contributed by atoms with van der Waals surface area (Å²) in [6, 6.07) is 4.95. The van der Waals surface area contributed by atoms with Crippen LogP contribution in [0.5, 0.6) is 5.75 Å². The molecule has 1 atom stereocenters. The molecule has 1 aliphatic heterocycles. The number of aliphatic hydroxyl groups is 1. The van der Waals surface area contributed by atoms with Gasteiger partial charge in [-0.1, -0.05) is 35.7 Å². The molecular formula is C18H22Cl2N4O4. The van der Waals surface area contributed by atoms with Crippen molar-refractivity contribution < 1.29 is 14.6 Å². The number of hydrogen-bond donors (Lipinski definition) is 2. The molecule has 1 unspecified atom stereocenters. The Morgan fingerprint density at radius 3 is 2.96 bits per heavy atom. The molecule has 0 aliphatic carbocycles. The van der Waals surface area contributed by atoms with Crippen molar-refractivity contribution in [3.05, 3.63) is 44.6 Å². The van der Waals surface area contributed by atoms with Gasteiger partial charge in [-0.25, -0.2) is 9.48 Å². The molecule has 10 heteroatoms. The number of hydrogen-bond acceptors (Lipinski definition) is 5. The lowest BCUT2D eigenvalue weighted by Crippen LogP contribution is -2.39. The zero-order valence-electron chi connectivity index (χ0n) is 15.2. The summed E-state index contributed by atoms with van der Waals surface area (Å²) < 4.78 is 8.24. The van der Waals surface area contributed by atoms with Crippen LogP contribution in [0.4, 0.5) is 0 Å². The summed E-state index contributed by atoms with van der Waals surface area (Å²) in [4.78, 5) is 24.5. The van der Waals surface area contributed by atoms with E-state index in [1.165, 1.54) is 4.68 Å². The predicted octanol–water partition coefficient (Wildman–Crippen LogP) is 1.63. The van der Waals surface area contributed by atoms with Crippen LogP contribution in [0.1, 0.15) is 25.1 Å². The second-order valence-corrected chi connectivity index (χ2v) is 7.42. The fourth-order valence-corrected chi connectivity index (χ4v) is 3.34. The van der Waals surface area contributed by atoms with Gasteiger partial charge < -0.3 is 15.2 Å². The maximum atomic E-state index is 12.3. The molecule has 2 aromatic rings. The van der Waals surface area contributed by atoms with Gasteiger partial charge in [-0.05, 0) is 25.0 Å². The average Bonchev–Trinajstić information content (AvgIpc) is 2.84. The van der Waals surface area contributed by atoms with Crippen molar-refractivity contribution in [2.75, 3.05) is 13.2 Å². The Labute approximate surface area is 172 Å². The van der Waals surface area contributed by atoms with E-state index in [1.54, 1.807) is 22.8 Å². The summed E-state index contributed by atoms with van der Waals surface area (Å²) >= 11 is 11.9. The number of aliphatic hydroxyl groups excluding tert-OH is 1. The molecule has 2 N–H and O–H groups in total. The lowest BCUT2D eigenvalue weighted by Gasteiger charge is -2.14. The van der Waals surface area contributed by atoms with E-state index in [0.717, 1.165) is 31.5 Å². The fraction of sp³-hybridized carbons (Fsp3) is 0.500. The van der Waals surface area contributed by atoms with E-state index in [1.807, 2.05) is 0 Å². The predicted molar refractivity (Wildman–Crippen MR) is 105 cm³/mol. The minimum absolute atomic E-state index is 0.0284. The molecule has 1 amide bonds. The van der Waals surface area contributed by atoms with Gasteiger partial charge in [-0.3, -0.25) is 9.36 Å². The highest BCUT2D eigenvalue weighted by Gasteiger charge is 2.18. The first-order valence-electron chi connectivity index (χ1n) is 9.14. The average molecular weight is 429 g/mol. The third-order valence-electron chi connectivity index (χ3n) is 4.46. The summed E-state index contributed by atoms with van der Waals surface area (Å²) in [5.41, 5.74) is -0.272. The monoisotopic (exact) mass is 428 g/mol. The van der Waals surface area contributed by atoms with Crippen molar-refractivity contribution in [3.63, 3.8) is 0 Å². The number of amides is 1. The maximum absolute atomic E-state index is 12.3. The van der Waals surface area contributed by atoms with E-state index in [2.05, 4.69) is 10.4 Å². The van der Waals surface area contributed by atoms with Gasteiger partial charge >= 0.3 is 5.69 Å². The van der Waals surface area contributed by atoms with E-state index in [4.69, 9.17) is 27.9 Å². The van der Waals surface area contributed by atoms with E-state index in [-0.39, 0.29) is 30.4 Å². The zero-order chi connectivity index (χ0) is 20.1. The normalized spacial score (nSPS) is 14.8. The van der Waals surface area contributed by atoms with Crippen LogP contribution in [-0.2, 0) is 24.3 Å². The Morgan fingerprint density at radius 1 is 1.32 bits per heavy atom. The molecule has 0 fully saturated rings.